The van der Waals surface area contributed by atoms with Crippen LogP contribution in [0.15, 0.2) is 30.3 Å². The standard InChI is InChI=1S/C28H43N3O5/c1-28(2,3)36-27(35)29-24(19-23(26(33)34)18-20-8-6-5-7-9-20)25(32)31-16-12-22(13-17-31)21-10-14-30(4)15-11-21/h5-9,21-24H,10-19H2,1-4H3,(H,29,35)(H,33,34)/t23?,24-/m1/s1. The van der Waals surface area contributed by atoms with Gasteiger partial charge in [-0.2, -0.15) is 0 Å². The summed E-state index contributed by atoms with van der Waals surface area (Å²) in [6, 6.07) is 8.41. The molecule has 2 N–H and O–H groups in total. The van der Waals surface area contributed by atoms with Gasteiger partial charge in [0.05, 0.1) is 5.92 Å². The molecule has 8 nitrogen and oxygen atoms in total. The number of ether oxygens (including phenoxy) is 1. The Labute approximate surface area is 215 Å². The quantitative estimate of drug-likeness (QED) is 0.562. The van der Waals surface area contributed by atoms with Crippen molar-refractivity contribution < 1.29 is 24.2 Å². The molecule has 2 heterocycles. The summed E-state index contributed by atoms with van der Waals surface area (Å²) in [6.07, 6.45) is 3.91. The van der Waals surface area contributed by atoms with Crippen LogP contribution in [0, 0.1) is 17.8 Å². The van der Waals surface area contributed by atoms with E-state index in [9.17, 15) is 19.5 Å². The zero-order valence-corrected chi connectivity index (χ0v) is 22.2. The highest BCUT2D eigenvalue weighted by Gasteiger charge is 2.36. The number of hydrogen-bond acceptors (Lipinski definition) is 5. The summed E-state index contributed by atoms with van der Waals surface area (Å²) in [5.41, 5.74) is 0.160. The maximum Gasteiger partial charge on any atom is 0.408 e. The molecule has 2 fully saturated rings. The van der Waals surface area contributed by atoms with Crippen LogP contribution in [0.25, 0.3) is 0 Å². The molecule has 8 heteroatoms. The number of carboxylic acids is 1. The summed E-state index contributed by atoms with van der Waals surface area (Å²) in [4.78, 5) is 42.5. The fraction of sp³-hybridized carbons (Fsp3) is 0.679. The van der Waals surface area contributed by atoms with Crippen molar-refractivity contribution in [3.05, 3.63) is 35.9 Å². The molecule has 2 amide bonds. The molecule has 3 rings (SSSR count). The SMILES string of the molecule is CN1CCC(C2CCN(C(=O)[C@@H](CC(Cc3ccccc3)C(=O)O)NC(=O)OC(C)(C)C)CC2)CC1. The van der Waals surface area contributed by atoms with Gasteiger partial charge in [-0.25, -0.2) is 4.79 Å². The number of amides is 2. The van der Waals surface area contributed by atoms with Crippen LogP contribution >= 0.6 is 0 Å². The van der Waals surface area contributed by atoms with Crippen LogP contribution in [0.4, 0.5) is 4.79 Å². The van der Waals surface area contributed by atoms with Crippen molar-refractivity contribution in [1.82, 2.24) is 15.1 Å². The van der Waals surface area contributed by atoms with Gasteiger partial charge < -0.3 is 25.0 Å². The zero-order valence-electron chi connectivity index (χ0n) is 22.2. The van der Waals surface area contributed by atoms with Crippen LogP contribution in [-0.2, 0) is 20.7 Å². The average Bonchev–Trinajstić information content (AvgIpc) is 2.82. The molecule has 2 saturated heterocycles. The lowest BCUT2D eigenvalue weighted by Crippen LogP contribution is -2.53. The number of benzene rings is 1. The van der Waals surface area contributed by atoms with Gasteiger partial charge in [0.15, 0.2) is 0 Å². The predicted octanol–water partition coefficient (Wildman–Crippen LogP) is 3.79. The molecule has 0 saturated carbocycles. The number of hydrogen-bond donors (Lipinski definition) is 2. The Morgan fingerprint density at radius 2 is 1.56 bits per heavy atom. The summed E-state index contributed by atoms with van der Waals surface area (Å²) >= 11 is 0. The number of rotatable bonds is 8. The van der Waals surface area contributed by atoms with Crippen molar-refractivity contribution in [3.63, 3.8) is 0 Å². The number of nitrogens with zero attached hydrogens (tertiary/aromatic N) is 2. The van der Waals surface area contributed by atoms with Crippen LogP contribution in [0.2, 0.25) is 0 Å². The number of carbonyl (C=O) groups is 3. The largest absolute Gasteiger partial charge is 0.481 e. The first-order chi connectivity index (χ1) is 17.0. The minimum atomic E-state index is -0.983. The van der Waals surface area contributed by atoms with Gasteiger partial charge in [0, 0.05) is 13.1 Å². The first-order valence-corrected chi connectivity index (χ1v) is 13.3. The Balaban J connectivity index is 1.67. The molecule has 36 heavy (non-hydrogen) atoms. The van der Waals surface area contributed by atoms with Crippen molar-refractivity contribution in [3.8, 4) is 0 Å². The number of alkyl carbamates (subject to hydrolysis) is 1. The third-order valence-corrected chi connectivity index (χ3v) is 7.46. The Bertz CT molecular complexity index is 869. The highest BCUT2D eigenvalue weighted by Crippen LogP contribution is 2.32. The van der Waals surface area contributed by atoms with E-state index in [1.54, 1.807) is 25.7 Å². The summed E-state index contributed by atoms with van der Waals surface area (Å²) in [5, 5.41) is 12.6. The lowest BCUT2D eigenvalue weighted by atomic mass is 9.78. The molecular formula is C28H43N3O5. The van der Waals surface area contributed by atoms with E-state index in [-0.39, 0.29) is 18.7 Å². The van der Waals surface area contributed by atoms with Gasteiger partial charge in [0.2, 0.25) is 5.91 Å². The van der Waals surface area contributed by atoms with E-state index in [2.05, 4.69) is 17.3 Å². The minimum absolute atomic E-state index is 0.0111. The highest BCUT2D eigenvalue weighted by atomic mass is 16.6. The van der Waals surface area contributed by atoms with Crippen LogP contribution in [0.3, 0.4) is 0 Å². The molecule has 2 aliphatic heterocycles. The zero-order chi connectivity index (χ0) is 26.3. The Morgan fingerprint density at radius 3 is 2.08 bits per heavy atom. The summed E-state index contributed by atoms with van der Waals surface area (Å²) in [5.74, 6) is -0.695. The van der Waals surface area contributed by atoms with E-state index in [1.807, 2.05) is 30.3 Å². The van der Waals surface area contributed by atoms with E-state index in [0.29, 0.717) is 24.9 Å². The lowest BCUT2D eigenvalue weighted by Gasteiger charge is -2.40. The topological polar surface area (TPSA) is 99.2 Å². The van der Waals surface area contributed by atoms with E-state index >= 15 is 0 Å². The van der Waals surface area contributed by atoms with E-state index < -0.39 is 29.6 Å². The molecule has 2 atom stereocenters. The molecule has 200 valence electrons. The van der Waals surface area contributed by atoms with Gasteiger partial charge in [-0.3, -0.25) is 9.59 Å². The maximum atomic E-state index is 13.6. The average molecular weight is 502 g/mol. The van der Waals surface area contributed by atoms with Gasteiger partial charge in [-0.05, 0) is 96.8 Å². The lowest BCUT2D eigenvalue weighted by molar-refractivity contribution is -0.143. The molecule has 1 unspecified atom stereocenters. The highest BCUT2D eigenvalue weighted by molar-refractivity contribution is 5.86. The second-order valence-electron chi connectivity index (χ2n) is 11.5. The smallest absolute Gasteiger partial charge is 0.408 e. The number of likely N-dealkylation sites (tertiary alicyclic amines) is 2. The van der Waals surface area contributed by atoms with Crippen molar-refractivity contribution in [1.29, 1.82) is 0 Å². The summed E-state index contributed by atoms with van der Waals surface area (Å²) in [6.45, 7) is 8.80. The van der Waals surface area contributed by atoms with Crippen molar-refractivity contribution in [2.24, 2.45) is 17.8 Å². The monoisotopic (exact) mass is 501 g/mol. The Morgan fingerprint density at radius 1 is 1.00 bits per heavy atom. The van der Waals surface area contributed by atoms with Crippen LogP contribution in [-0.4, -0.2) is 77.7 Å². The molecule has 0 aromatic heterocycles. The number of aliphatic carboxylic acids is 1. The number of nitrogens with one attached hydrogen (secondary N) is 1. The predicted molar refractivity (Wildman–Crippen MR) is 139 cm³/mol. The van der Waals surface area contributed by atoms with Gasteiger partial charge in [-0.1, -0.05) is 30.3 Å². The van der Waals surface area contributed by atoms with Crippen LogP contribution in [0.1, 0.15) is 58.4 Å². The molecule has 1 aromatic rings. The molecule has 0 spiro atoms. The molecule has 2 aliphatic rings. The molecule has 1 aromatic carbocycles. The van der Waals surface area contributed by atoms with E-state index in [4.69, 9.17) is 4.74 Å². The molecule has 0 bridgehead atoms. The van der Waals surface area contributed by atoms with Crippen molar-refractivity contribution in [2.75, 3.05) is 33.2 Å². The van der Waals surface area contributed by atoms with Gasteiger partial charge in [0.25, 0.3) is 0 Å². The second-order valence-corrected chi connectivity index (χ2v) is 11.5. The third-order valence-electron chi connectivity index (χ3n) is 7.46. The van der Waals surface area contributed by atoms with Crippen LogP contribution < -0.4 is 5.32 Å². The first kappa shape index (κ1) is 28.0. The Kier molecular flexibility index (Phi) is 9.77. The minimum Gasteiger partial charge on any atom is -0.481 e. The molecular weight excluding hydrogens is 458 g/mol. The van der Waals surface area contributed by atoms with E-state index in [1.165, 1.54) is 12.8 Å². The number of carboxylic acid groups (broad SMARTS) is 1. The maximum absolute atomic E-state index is 13.6. The molecule has 0 aliphatic carbocycles. The second kappa shape index (κ2) is 12.6. The van der Waals surface area contributed by atoms with Gasteiger partial charge >= 0.3 is 12.1 Å². The summed E-state index contributed by atoms with van der Waals surface area (Å²) in [7, 11) is 2.16. The third kappa shape index (κ3) is 8.50. The van der Waals surface area contributed by atoms with Crippen molar-refractivity contribution in [2.45, 2.75) is 70.9 Å². The summed E-state index contributed by atoms with van der Waals surface area (Å²) < 4.78 is 5.40. The fourth-order valence-corrected chi connectivity index (χ4v) is 5.44. The fourth-order valence-electron chi connectivity index (χ4n) is 5.44. The van der Waals surface area contributed by atoms with Gasteiger partial charge in [0.1, 0.15) is 11.6 Å². The Hall–Kier alpha value is -2.61. The number of piperidine rings is 2. The van der Waals surface area contributed by atoms with E-state index in [0.717, 1.165) is 31.5 Å². The number of carbonyl (C=O) groups excluding carboxylic acids is 2. The normalized spacial score (nSPS) is 19.9. The van der Waals surface area contributed by atoms with Gasteiger partial charge in [-0.15, -0.1) is 0 Å². The first-order valence-electron chi connectivity index (χ1n) is 13.3. The van der Waals surface area contributed by atoms with Crippen molar-refractivity contribution >= 4 is 18.0 Å². The van der Waals surface area contributed by atoms with Crippen LogP contribution in [0.5, 0.6) is 0 Å². The molecule has 0 radical (unpaired) electrons.